The van der Waals surface area contributed by atoms with Crippen LogP contribution in [0.3, 0.4) is 0 Å². The fraction of sp³-hybridized carbons (Fsp3) is 0.429. The fourth-order valence-corrected chi connectivity index (χ4v) is 5.31. The standard InChI is InChI=1S/C21H23N3O3S/c1-20(2)9-12-13(10-22)19(28-17(12)21(3,4)24-20)23-18(25)16-11-26-14-7-5-6-8-15(14)27-16/h5-8,16,24H,9,11H2,1-4H3,(H,23,25). The number of nitrogens with zero attached hydrogens (tertiary/aromatic N) is 1. The lowest BCUT2D eigenvalue weighted by molar-refractivity contribution is -0.125. The predicted octanol–water partition coefficient (Wildman–Crippen LogP) is 3.56. The van der Waals surface area contributed by atoms with Crippen molar-refractivity contribution >= 4 is 22.2 Å². The maximum atomic E-state index is 12.8. The van der Waals surface area contributed by atoms with Gasteiger partial charge in [-0.3, -0.25) is 4.79 Å². The van der Waals surface area contributed by atoms with Crippen LogP contribution in [0.5, 0.6) is 11.5 Å². The summed E-state index contributed by atoms with van der Waals surface area (Å²) in [5.74, 6) is 0.868. The van der Waals surface area contributed by atoms with Crippen LogP contribution in [-0.2, 0) is 16.8 Å². The Balaban J connectivity index is 1.61. The van der Waals surface area contributed by atoms with Crippen LogP contribution < -0.4 is 20.1 Å². The van der Waals surface area contributed by atoms with Crippen molar-refractivity contribution < 1.29 is 14.3 Å². The quantitative estimate of drug-likeness (QED) is 0.810. The molecule has 2 aliphatic heterocycles. The van der Waals surface area contributed by atoms with Gasteiger partial charge in [-0.2, -0.15) is 5.26 Å². The zero-order chi connectivity index (χ0) is 20.1. The molecule has 0 fully saturated rings. The third-order valence-corrected chi connectivity index (χ3v) is 6.47. The maximum Gasteiger partial charge on any atom is 0.269 e. The van der Waals surface area contributed by atoms with E-state index in [9.17, 15) is 10.1 Å². The van der Waals surface area contributed by atoms with E-state index in [1.165, 1.54) is 11.3 Å². The van der Waals surface area contributed by atoms with Crippen LogP contribution in [0.2, 0.25) is 0 Å². The molecule has 0 spiro atoms. The zero-order valence-corrected chi connectivity index (χ0v) is 17.2. The fourth-order valence-electron chi connectivity index (χ4n) is 4.07. The predicted molar refractivity (Wildman–Crippen MR) is 108 cm³/mol. The van der Waals surface area contributed by atoms with Crippen LogP contribution in [-0.4, -0.2) is 24.2 Å². The summed E-state index contributed by atoms with van der Waals surface area (Å²) in [7, 11) is 0. The van der Waals surface area contributed by atoms with Crippen molar-refractivity contribution in [1.82, 2.24) is 5.32 Å². The molecule has 1 aromatic carbocycles. The summed E-state index contributed by atoms with van der Waals surface area (Å²) in [6.45, 7) is 8.59. The Kier molecular flexibility index (Phi) is 4.36. The summed E-state index contributed by atoms with van der Waals surface area (Å²) < 4.78 is 11.4. The summed E-state index contributed by atoms with van der Waals surface area (Å²) in [5.41, 5.74) is 1.16. The first-order chi connectivity index (χ1) is 13.2. The van der Waals surface area contributed by atoms with Crippen molar-refractivity contribution in [2.45, 2.75) is 51.3 Å². The number of carbonyl (C=O) groups excluding carboxylic acids is 1. The molecule has 4 rings (SSSR count). The van der Waals surface area contributed by atoms with Crippen molar-refractivity contribution in [1.29, 1.82) is 5.26 Å². The summed E-state index contributed by atoms with van der Waals surface area (Å²) in [4.78, 5) is 13.9. The number of para-hydroxylation sites is 2. The number of thiophene rings is 1. The molecule has 1 unspecified atom stereocenters. The van der Waals surface area contributed by atoms with Gasteiger partial charge in [0.25, 0.3) is 5.91 Å². The van der Waals surface area contributed by atoms with E-state index in [2.05, 4.69) is 44.4 Å². The highest BCUT2D eigenvalue weighted by molar-refractivity contribution is 7.17. The number of anilines is 1. The Morgan fingerprint density at radius 3 is 2.71 bits per heavy atom. The van der Waals surface area contributed by atoms with Crippen LogP contribution >= 0.6 is 11.3 Å². The molecular formula is C21H23N3O3S. The first kappa shape index (κ1) is 18.8. The van der Waals surface area contributed by atoms with Gasteiger partial charge in [0, 0.05) is 16.0 Å². The van der Waals surface area contributed by atoms with Crippen LogP contribution in [0, 0.1) is 11.3 Å². The highest BCUT2D eigenvalue weighted by Gasteiger charge is 2.41. The maximum absolute atomic E-state index is 12.8. The third-order valence-electron chi connectivity index (χ3n) is 4.99. The number of hydrogen-bond donors (Lipinski definition) is 2. The van der Waals surface area contributed by atoms with Gasteiger partial charge in [0.15, 0.2) is 11.5 Å². The lowest BCUT2D eigenvalue weighted by atomic mass is 9.81. The monoisotopic (exact) mass is 397 g/mol. The van der Waals surface area contributed by atoms with Gasteiger partial charge in [-0.15, -0.1) is 11.3 Å². The van der Waals surface area contributed by atoms with Gasteiger partial charge in [-0.05, 0) is 51.8 Å². The second-order valence-electron chi connectivity index (χ2n) is 8.39. The molecule has 1 aromatic heterocycles. The second-order valence-corrected chi connectivity index (χ2v) is 9.41. The lowest BCUT2D eigenvalue weighted by Crippen LogP contribution is -2.54. The molecule has 1 amide bonds. The largest absolute Gasteiger partial charge is 0.485 e. The third kappa shape index (κ3) is 3.23. The van der Waals surface area contributed by atoms with Crippen LogP contribution in [0.1, 0.15) is 43.7 Å². The van der Waals surface area contributed by atoms with Crippen molar-refractivity contribution in [3.63, 3.8) is 0 Å². The molecule has 0 saturated heterocycles. The molecule has 6 nitrogen and oxygen atoms in total. The normalized spacial score (nSPS) is 21.3. The molecule has 0 saturated carbocycles. The molecule has 2 aliphatic rings. The van der Waals surface area contributed by atoms with Gasteiger partial charge in [0.1, 0.15) is 17.7 Å². The Labute approximate surface area is 168 Å². The number of amides is 1. The van der Waals surface area contributed by atoms with E-state index >= 15 is 0 Å². The Hall–Kier alpha value is -2.56. The van der Waals surface area contributed by atoms with Crippen molar-refractivity contribution in [3.05, 3.63) is 40.3 Å². The minimum Gasteiger partial charge on any atom is -0.485 e. The molecule has 28 heavy (non-hydrogen) atoms. The minimum absolute atomic E-state index is 0.130. The molecule has 3 heterocycles. The minimum atomic E-state index is -0.761. The summed E-state index contributed by atoms with van der Waals surface area (Å²) in [6, 6.07) is 9.57. The number of fused-ring (bicyclic) bond motifs is 2. The highest BCUT2D eigenvalue weighted by atomic mass is 32.1. The number of nitrogens with one attached hydrogen (secondary N) is 2. The zero-order valence-electron chi connectivity index (χ0n) is 16.4. The molecule has 2 N–H and O–H groups in total. The van der Waals surface area contributed by atoms with E-state index in [0.717, 1.165) is 16.9 Å². The lowest BCUT2D eigenvalue weighted by Gasteiger charge is -2.42. The van der Waals surface area contributed by atoms with Crippen LogP contribution in [0.25, 0.3) is 0 Å². The second kappa shape index (κ2) is 6.50. The molecule has 0 bridgehead atoms. The number of rotatable bonds is 2. The molecular weight excluding hydrogens is 374 g/mol. The molecule has 2 aromatic rings. The summed E-state index contributed by atoms with van der Waals surface area (Å²) >= 11 is 1.46. The van der Waals surface area contributed by atoms with E-state index in [1.807, 2.05) is 12.1 Å². The van der Waals surface area contributed by atoms with Crippen molar-refractivity contribution in [3.8, 4) is 17.6 Å². The van der Waals surface area contributed by atoms with Gasteiger partial charge in [0.05, 0.1) is 5.56 Å². The Morgan fingerprint density at radius 1 is 1.29 bits per heavy atom. The van der Waals surface area contributed by atoms with Gasteiger partial charge in [-0.25, -0.2) is 0 Å². The van der Waals surface area contributed by atoms with Crippen molar-refractivity contribution in [2.24, 2.45) is 0 Å². The molecule has 1 atom stereocenters. The van der Waals surface area contributed by atoms with Crippen molar-refractivity contribution in [2.75, 3.05) is 11.9 Å². The summed E-state index contributed by atoms with van der Waals surface area (Å²) in [5, 5.41) is 16.9. The molecule has 146 valence electrons. The van der Waals surface area contributed by atoms with E-state index in [1.54, 1.807) is 12.1 Å². The Bertz CT molecular complexity index is 987. The first-order valence-electron chi connectivity index (χ1n) is 9.25. The number of carbonyl (C=O) groups is 1. The smallest absolute Gasteiger partial charge is 0.269 e. The van der Waals surface area contributed by atoms with Gasteiger partial charge < -0.3 is 20.1 Å². The van der Waals surface area contributed by atoms with E-state index < -0.39 is 6.10 Å². The van der Waals surface area contributed by atoms with Gasteiger partial charge in [0.2, 0.25) is 6.10 Å². The molecule has 0 radical (unpaired) electrons. The van der Waals surface area contributed by atoms with E-state index in [-0.39, 0.29) is 23.6 Å². The SMILES string of the molecule is CC1(C)Cc2c(sc(NC(=O)C3COc4ccccc4O3)c2C#N)C(C)(C)N1. The molecule has 0 aliphatic carbocycles. The highest BCUT2D eigenvalue weighted by Crippen LogP contribution is 2.44. The Morgan fingerprint density at radius 2 is 2.00 bits per heavy atom. The average molecular weight is 398 g/mol. The first-order valence-corrected chi connectivity index (χ1v) is 10.1. The van der Waals surface area contributed by atoms with Gasteiger partial charge >= 0.3 is 0 Å². The molecule has 7 heteroatoms. The average Bonchev–Trinajstić information content (AvgIpc) is 2.97. The number of ether oxygens (including phenoxy) is 2. The number of nitriles is 1. The van der Waals surface area contributed by atoms with Gasteiger partial charge in [-0.1, -0.05) is 12.1 Å². The van der Waals surface area contributed by atoms with E-state index in [4.69, 9.17) is 9.47 Å². The number of benzene rings is 1. The number of hydrogen-bond acceptors (Lipinski definition) is 6. The topological polar surface area (TPSA) is 83.4 Å². The van der Waals surface area contributed by atoms with Crippen LogP contribution in [0.15, 0.2) is 24.3 Å². The summed E-state index contributed by atoms with van der Waals surface area (Å²) in [6.07, 6.45) is -0.0274. The van der Waals surface area contributed by atoms with E-state index in [0.29, 0.717) is 22.1 Å². The van der Waals surface area contributed by atoms with Crippen LogP contribution in [0.4, 0.5) is 5.00 Å².